The monoisotopic (exact) mass is 285 g/mol. The van der Waals surface area contributed by atoms with Crippen molar-refractivity contribution in [3.8, 4) is 0 Å². The van der Waals surface area contributed by atoms with E-state index in [0.717, 1.165) is 4.88 Å². The summed E-state index contributed by atoms with van der Waals surface area (Å²) in [5.74, 6) is -0.122. The second-order valence-corrected chi connectivity index (χ2v) is 8.65. The molecule has 98 valence electrons. The van der Waals surface area contributed by atoms with E-state index in [9.17, 15) is 9.00 Å². The van der Waals surface area contributed by atoms with Crippen LogP contribution in [0.15, 0.2) is 11.4 Å². The summed E-state index contributed by atoms with van der Waals surface area (Å²) < 4.78 is 19.0. The zero-order valence-corrected chi connectivity index (χ0v) is 12.2. The van der Waals surface area contributed by atoms with Gasteiger partial charge in [0.2, 0.25) is 0 Å². The summed E-state index contributed by atoms with van der Waals surface area (Å²) in [6, 6.07) is 1.82. The van der Waals surface area contributed by atoms with Crippen molar-refractivity contribution in [2.45, 2.75) is 31.1 Å². The fourth-order valence-corrected chi connectivity index (χ4v) is 4.71. The SMILES string of the molecule is CC(C)(C)S(=O)N1C(=O)c2ccsc2C12COC2. The number of amides is 1. The Labute approximate surface area is 113 Å². The number of hydrogen-bond acceptors (Lipinski definition) is 4. The molecule has 18 heavy (non-hydrogen) atoms. The molecule has 0 radical (unpaired) electrons. The summed E-state index contributed by atoms with van der Waals surface area (Å²) in [6.45, 7) is 6.56. The maximum atomic E-state index is 12.6. The van der Waals surface area contributed by atoms with Gasteiger partial charge in [-0.15, -0.1) is 11.3 Å². The van der Waals surface area contributed by atoms with Crippen LogP contribution in [-0.2, 0) is 21.3 Å². The topological polar surface area (TPSA) is 46.6 Å². The molecule has 2 aliphatic heterocycles. The molecule has 1 saturated heterocycles. The fraction of sp³-hybridized carbons (Fsp3) is 0.583. The lowest BCUT2D eigenvalue weighted by Crippen LogP contribution is -2.59. The van der Waals surface area contributed by atoms with E-state index in [1.165, 1.54) is 4.31 Å². The molecule has 0 saturated carbocycles. The summed E-state index contributed by atoms with van der Waals surface area (Å²) in [6.07, 6.45) is 0. The molecular formula is C12H15NO3S2. The molecule has 1 spiro atoms. The number of thiophene rings is 1. The van der Waals surface area contributed by atoms with Gasteiger partial charge in [0.05, 0.1) is 23.5 Å². The molecule has 2 aliphatic rings. The van der Waals surface area contributed by atoms with Gasteiger partial charge in [0.15, 0.2) is 0 Å². The Morgan fingerprint density at radius 3 is 2.61 bits per heavy atom. The molecule has 1 amide bonds. The van der Waals surface area contributed by atoms with Crippen LogP contribution in [0.5, 0.6) is 0 Å². The van der Waals surface area contributed by atoms with Crippen LogP contribution in [0.3, 0.4) is 0 Å². The van der Waals surface area contributed by atoms with E-state index in [1.807, 2.05) is 32.2 Å². The Morgan fingerprint density at radius 1 is 1.44 bits per heavy atom. The number of carbonyl (C=O) groups excluding carboxylic acids is 1. The average molecular weight is 285 g/mol. The highest BCUT2D eigenvalue weighted by Gasteiger charge is 2.59. The van der Waals surface area contributed by atoms with Gasteiger partial charge in [0.25, 0.3) is 5.91 Å². The van der Waals surface area contributed by atoms with Gasteiger partial charge in [-0.1, -0.05) is 0 Å². The second kappa shape index (κ2) is 3.65. The molecule has 1 aromatic rings. The molecule has 1 atom stereocenters. The number of hydrogen-bond donors (Lipinski definition) is 0. The average Bonchev–Trinajstić information content (AvgIpc) is 2.75. The van der Waals surface area contributed by atoms with Crippen molar-refractivity contribution in [3.63, 3.8) is 0 Å². The summed E-state index contributed by atoms with van der Waals surface area (Å²) in [7, 11) is -1.35. The third-order valence-corrected chi connectivity index (χ3v) is 6.27. The molecule has 1 aromatic heterocycles. The van der Waals surface area contributed by atoms with Crippen LogP contribution in [0.4, 0.5) is 0 Å². The molecule has 0 aliphatic carbocycles. The lowest BCUT2D eigenvalue weighted by Gasteiger charge is -2.45. The lowest BCUT2D eigenvalue weighted by atomic mass is 9.97. The Morgan fingerprint density at radius 2 is 2.11 bits per heavy atom. The van der Waals surface area contributed by atoms with Crippen molar-refractivity contribution < 1.29 is 13.7 Å². The van der Waals surface area contributed by atoms with E-state index in [2.05, 4.69) is 0 Å². The Hall–Kier alpha value is -0.720. The van der Waals surface area contributed by atoms with Gasteiger partial charge in [0.1, 0.15) is 16.5 Å². The smallest absolute Gasteiger partial charge is 0.267 e. The van der Waals surface area contributed by atoms with Crippen molar-refractivity contribution >= 4 is 28.2 Å². The highest BCUT2D eigenvalue weighted by molar-refractivity contribution is 7.84. The number of rotatable bonds is 1. The molecule has 0 N–H and O–H groups in total. The first-order chi connectivity index (χ1) is 8.38. The first-order valence-electron chi connectivity index (χ1n) is 5.80. The summed E-state index contributed by atoms with van der Waals surface area (Å²) >= 11 is 1.55. The van der Waals surface area contributed by atoms with E-state index < -0.39 is 21.3 Å². The van der Waals surface area contributed by atoms with Crippen molar-refractivity contribution in [2.75, 3.05) is 13.2 Å². The predicted octanol–water partition coefficient (Wildman–Crippen LogP) is 1.89. The van der Waals surface area contributed by atoms with Gasteiger partial charge in [-0.3, -0.25) is 4.79 Å². The highest BCUT2D eigenvalue weighted by atomic mass is 32.2. The van der Waals surface area contributed by atoms with Crippen molar-refractivity contribution in [1.29, 1.82) is 0 Å². The Bertz CT molecular complexity index is 540. The van der Waals surface area contributed by atoms with E-state index in [-0.39, 0.29) is 5.91 Å². The zero-order valence-electron chi connectivity index (χ0n) is 10.6. The maximum absolute atomic E-state index is 12.6. The molecular weight excluding hydrogens is 270 g/mol. The fourth-order valence-electron chi connectivity index (χ4n) is 2.29. The van der Waals surface area contributed by atoms with Crippen molar-refractivity contribution in [3.05, 3.63) is 21.9 Å². The quantitative estimate of drug-likeness (QED) is 0.791. The number of nitrogens with zero attached hydrogens (tertiary/aromatic N) is 1. The third-order valence-electron chi connectivity index (χ3n) is 3.26. The van der Waals surface area contributed by atoms with Crippen LogP contribution >= 0.6 is 11.3 Å². The first kappa shape index (κ1) is 12.3. The van der Waals surface area contributed by atoms with E-state index in [1.54, 1.807) is 11.3 Å². The maximum Gasteiger partial charge on any atom is 0.267 e. The molecule has 4 nitrogen and oxygen atoms in total. The molecule has 1 unspecified atom stereocenters. The summed E-state index contributed by atoms with van der Waals surface area (Å²) in [5, 5.41) is 1.92. The molecule has 1 fully saturated rings. The minimum atomic E-state index is -1.35. The van der Waals surface area contributed by atoms with Gasteiger partial charge in [-0.05, 0) is 32.2 Å². The van der Waals surface area contributed by atoms with Crippen LogP contribution in [0.2, 0.25) is 0 Å². The molecule has 3 rings (SSSR count). The Balaban J connectivity index is 2.09. The molecule has 6 heteroatoms. The predicted molar refractivity (Wildman–Crippen MR) is 70.9 cm³/mol. The van der Waals surface area contributed by atoms with Crippen LogP contribution in [0.1, 0.15) is 36.0 Å². The lowest BCUT2D eigenvalue weighted by molar-refractivity contribution is -0.0977. The zero-order chi connectivity index (χ0) is 13.1. The van der Waals surface area contributed by atoms with E-state index in [4.69, 9.17) is 4.74 Å². The number of ether oxygens (including phenoxy) is 1. The van der Waals surface area contributed by atoms with Crippen LogP contribution in [-0.4, -0.2) is 32.4 Å². The normalized spacial score (nSPS) is 23.1. The van der Waals surface area contributed by atoms with Crippen LogP contribution < -0.4 is 0 Å². The summed E-state index contributed by atoms with van der Waals surface area (Å²) in [4.78, 5) is 13.4. The van der Waals surface area contributed by atoms with E-state index >= 15 is 0 Å². The Kier molecular flexibility index (Phi) is 2.50. The first-order valence-corrected chi connectivity index (χ1v) is 7.79. The minimum absolute atomic E-state index is 0.122. The van der Waals surface area contributed by atoms with Gasteiger partial charge in [-0.2, -0.15) is 0 Å². The van der Waals surface area contributed by atoms with E-state index in [0.29, 0.717) is 18.8 Å². The summed E-state index contributed by atoms with van der Waals surface area (Å²) in [5.41, 5.74) is 0.222. The standard InChI is InChI=1S/C12H15NO3S2/c1-11(2,3)18(15)13-10(14)8-4-5-17-9(8)12(13)6-16-7-12/h4-5H,6-7H2,1-3H3. The van der Waals surface area contributed by atoms with Crippen LogP contribution in [0.25, 0.3) is 0 Å². The van der Waals surface area contributed by atoms with Gasteiger partial charge < -0.3 is 4.74 Å². The van der Waals surface area contributed by atoms with Gasteiger partial charge >= 0.3 is 0 Å². The van der Waals surface area contributed by atoms with Crippen LogP contribution in [0, 0.1) is 0 Å². The van der Waals surface area contributed by atoms with Gasteiger partial charge in [0, 0.05) is 4.88 Å². The largest absolute Gasteiger partial charge is 0.376 e. The number of fused-ring (bicyclic) bond motifs is 2. The second-order valence-electron chi connectivity index (χ2n) is 5.65. The minimum Gasteiger partial charge on any atom is -0.376 e. The third kappa shape index (κ3) is 1.39. The molecule has 0 bridgehead atoms. The van der Waals surface area contributed by atoms with Gasteiger partial charge in [-0.25, -0.2) is 8.51 Å². The van der Waals surface area contributed by atoms with Crippen molar-refractivity contribution in [2.24, 2.45) is 0 Å². The highest BCUT2D eigenvalue weighted by Crippen LogP contribution is 2.48. The molecule has 3 heterocycles. The molecule has 0 aromatic carbocycles. The van der Waals surface area contributed by atoms with Crippen molar-refractivity contribution in [1.82, 2.24) is 4.31 Å². The number of carbonyl (C=O) groups is 1.